The summed E-state index contributed by atoms with van der Waals surface area (Å²) < 4.78 is 0. The molecule has 0 unspecified atom stereocenters. The second-order valence-electron chi connectivity index (χ2n) is 3.37. The third-order valence-corrected chi connectivity index (χ3v) is 1.79. The Morgan fingerprint density at radius 1 is 1.50 bits per heavy atom. The van der Waals surface area contributed by atoms with Crippen molar-refractivity contribution in [2.45, 2.75) is 0 Å². The zero-order valence-corrected chi connectivity index (χ0v) is 8.93. The van der Waals surface area contributed by atoms with Crippen molar-refractivity contribution in [3.05, 3.63) is 33.9 Å². The molecule has 0 radical (unpaired) electrons. The maximum Gasteiger partial charge on any atom is 0.282 e. The number of benzene rings is 1. The number of nitro benzene ring substituents is 1. The predicted octanol–water partition coefficient (Wildman–Crippen LogP) is 0.383. The SMILES string of the molecule is CN(C)NC(=O)c1cc(N)ccc1[N+](=O)[O-]. The molecule has 0 aliphatic carbocycles. The van der Waals surface area contributed by atoms with Crippen LogP contribution in [0.3, 0.4) is 0 Å². The number of anilines is 1. The minimum absolute atomic E-state index is 0.0568. The first-order valence-electron chi connectivity index (χ1n) is 4.44. The monoisotopic (exact) mass is 224 g/mol. The smallest absolute Gasteiger partial charge is 0.282 e. The average molecular weight is 224 g/mol. The maximum atomic E-state index is 11.6. The number of hydrazine groups is 1. The number of nitrogen functional groups attached to an aromatic ring is 1. The van der Waals surface area contributed by atoms with Gasteiger partial charge in [-0.1, -0.05) is 0 Å². The second-order valence-corrected chi connectivity index (χ2v) is 3.37. The number of nitrogens with two attached hydrogens (primary N) is 1. The zero-order valence-electron chi connectivity index (χ0n) is 8.93. The lowest BCUT2D eigenvalue weighted by molar-refractivity contribution is -0.385. The molecular formula is C9H12N4O3. The number of hydrogen-bond donors (Lipinski definition) is 2. The molecule has 0 aliphatic heterocycles. The van der Waals surface area contributed by atoms with Gasteiger partial charge in [0.2, 0.25) is 0 Å². The van der Waals surface area contributed by atoms with Gasteiger partial charge in [-0.15, -0.1) is 0 Å². The molecule has 0 fully saturated rings. The number of carbonyl (C=O) groups excluding carboxylic acids is 1. The van der Waals surface area contributed by atoms with Gasteiger partial charge in [-0.3, -0.25) is 20.3 Å². The van der Waals surface area contributed by atoms with Crippen LogP contribution in [0, 0.1) is 10.1 Å². The number of amides is 1. The van der Waals surface area contributed by atoms with Crippen molar-refractivity contribution < 1.29 is 9.72 Å². The summed E-state index contributed by atoms with van der Waals surface area (Å²) in [6.45, 7) is 0. The summed E-state index contributed by atoms with van der Waals surface area (Å²) in [5.41, 5.74) is 7.87. The van der Waals surface area contributed by atoms with Crippen molar-refractivity contribution in [3.8, 4) is 0 Å². The molecule has 16 heavy (non-hydrogen) atoms. The van der Waals surface area contributed by atoms with Gasteiger partial charge in [0.05, 0.1) is 4.92 Å². The third-order valence-electron chi connectivity index (χ3n) is 1.79. The molecule has 0 spiro atoms. The Hall–Kier alpha value is -2.15. The fourth-order valence-corrected chi connectivity index (χ4v) is 1.16. The molecule has 0 atom stereocenters. The number of nitro groups is 1. The Kier molecular flexibility index (Phi) is 3.41. The molecule has 0 aromatic heterocycles. The van der Waals surface area contributed by atoms with Crippen molar-refractivity contribution in [3.63, 3.8) is 0 Å². The van der Waals surface area contributed by atoms with Crippen LogP contribution in [0.1, 0.15) is 10.4 Å². The number of hydrogen-bond acceptors (Lipinski definition) is 5. The summed E-state index contributed by atoms with van der Waals surface area (Å²) in [5.74, 6) is -0.566. The molecule has 86 valence electrons. The van der Waals surface area contributed by atoms with Crippen LogP contribution in [0.2, 0.25) is 0 Å². The predicted molar refractivity (Wildman–Crippen MR) is 58.7 cm³/mol. The molecule has 0 saturated carbocycles. The molecule has 1 amide bonds. The third kappa shape index (κ3) is 2.67. The van der Waals surface area contributed by atoms with Gasteiger partial charge in [0, 0.05) is 25.8 Å². The zero-order chi connectivity index (χ0) is 12.3. The van der Waals surface area contributed by atoms with Crippen LogP contribution in [0.25, 0.3) is 0 Å². The summed E-state index contributed by atoms with van der Waals surface area (Å²) in [5, 5.41) is 12.1. The van der Waals surface area contributed by atoms with Crippen LogP contribution in [-0.4, -0.2) is 29.9 Å². The Bertz CT molecular complexity index is 431. The van der Waals surface area contributed by atoms with Crippen LogP contribution in [0.15, 0.2) is 18.2 Å². The maximum absolute atomic E-state index is 11.6. The topological polar surface area (TPSA) is 102 Å². The van der Waals surface area contributed by atoms with Crippen molar-refractivity contribution in [1.82, 2.24) is 10.4 Å². The Morgan fingerprint density at radius 2 is 2.12 bits per heavy atom. The largest absolute Gasteiger partial charge is 0.399 e. The van der Waals surface area contributed by atoms with Crippen LogP contribution in [-0.2, 0) is 0 Å². The molecule has 7 nitrogen and oxygen atoms in total. The van der Waals surface area contributed by atoms with Gasteiger partial charge >= 0.3 is 0 Å². The van der Waals surface area contributed by atoms with Crippen LogP contribution >= 0.6 is 0 Å². The minimum Gasteiger partial charge on any atom is -0.399 e. The van der Waals surface area contributed by atoms with Crippen molar-refractivity contribution in [2.24, 2.45) is 0 Å². The van der Waals surface area contributed by atoms with Gasteiger partial charge in [0.15, 0.2) is 0 Å². The summed E-state index contributed by atoms with van der Waals surface area (Å²) >= 11 is 0. The van der Waals surface area contributed by atoms with Gasteiger partial charge < -0.3 is 5.73 Å². The van der Waals surface area contributed by atoms with E-state index < -0.39 is 10.8 Å². The molecule has 0 aliphatic rings. The first kappa shape index (κ1) is 11.9. The second kappa shape index (κ2) is 4.58. The molecule has 7 heteroatoms. The number of nitrogens with one attached hydrogen (secondary N) is 1. The highest BCUT2D eigenvalue weighted by Crippen LogP contribution is 2.20. The lowest BCUT2D eigenvalue weighted by atomic mass is 10.1. The van der Waals surface area contributed by atoms with Crippen molar-refractivity contribution >= 4 is 17.3 Å². The first-order chi connectivity index (χ1) is 7.41. The van der Waals surface area contributed by atoms with E-state index in [9.17, 15) is 14.9 Å². The van der Waals surface area contributed by atoms with Crippen LogP contribution < -0.4 is 11.2 Å². The van der Waals surface area contributed by atoms with Gasteiger partial charge in [-0.05, 0) is 12.1 Å². The molecule has 0 bridgehead atoms. The lowest BCUT2D eigenvalue weighted by Gasteiger charge is -2.11. The molecule has 0 heterocycles. The van der Waals surface area contributed by atoms with E-state index in [-0.39, 0.29) is 11.3 Å². The van der Waals surface area contributed by atoms with Gasteiger partial charge in [0.25, 0.3) is 11.6 Å². The van der Waals surface area contributed by atoms with E-state index in [2.05, 4.69) is 5.43 Å². The summed E-state index contributed by atoms with van der Waals surface area (Å²) in [6, 6.07) is 3.86. The minimum atomic E-state index is -0.621. The van der Waals surface area contributed by atoms with E-state index >= 15 is 0 Å². The fraction of sp³-hybridized carbons (Fsp3) is 0.222. The van der Waals surface area contributed by atoms with Crippen LogP contribution in [0.5, 0.6) is 0 Å². The normalized spacial score (nSPS) is 10.2. The summed E-state index contributed by atoms with van der Waals surface area (Å²) in [6.07, 6.45) is 0. The summed E-state index contributed by atoms with van der Waals surface area (Å²) in [4.78, 5) is 21.7. The van der Waals surface area contributed by atoms with E-state index in [4.69, 9.17) is 5.73 Å². The Balaban J connectivity index is 3.14. The highest BCUT2D eigenvalue weighted by atomic mass is 16.6. The van der Waals surface area contributed by atoms with Crippen molar-refractivity contribution in [1.29, 1.82) is 0 Å². The van der Waals surface area contributed by atoms with Gasteiger partial charge in [-0.2, -0.15) is 0 Å². The average Bonchev–Trinajstić information content (AvgIpc) is 2.15. The standard InChI is InChI=1S/C9H12N4O3/c1-12(2)11-9(14)7-5-6(10)3-4-8(7)13(15)16/h3-5H,10H2,1-2H3,(H,11,14). The molecule has 0 saturated heterocycles. The highest BCUT2D eigenvalue weighted by Gasteiger charge is 2.20. The van der Waals surface area contributed by atoms with E-state index in [1.165, 1.54) is 23.2 Å². The Morgan fingerprint density at radius 3 is 2.62 bits per heavy atom. The fourth-order valence-electron chi connectivity index (χ4n) is 1.16. The van der Waals surface area contributed by atoms with E-state index in [1.54, 1.807) is 14.1 Å². The summed E-state index contributed by atoms with van der Waals surface area (Å²) in [7, 11) is 3.21. The molecular weight excluding hydrogens is 212 g/mol. The molecule has 1 aromatic carbocycles. The highest BCUT2D eigenvalue weighted by molar-refractivity contribution is 5.98. The van der Waals surface area contributed by atoms with E-state index in [0.717, 1.165) is 0 Å². The number of nitrogens with zero attached hydrogens (tertiary/aromatic N) is 2. The Labute approximate surface area is 92.0 Å². The molecule has 1 rings (SSSR count). The molecule has 1 aromatic rings. The molecule has 3 N–H and O–H groups in total. The van der Waals surface area contributed by atoms with Crippen LogP contribution in [0.4, 0.5) is 11.4 Å². The lowest BCUT2D eigenvalue weighted by Crippen LogP contribution is -2.36. The van der Waals surface area contributed by atoms with Gasteiger partial charge in [-0.25, -0.2) is 5.01 Å². The first-order valence-corrected chi connectivity index (χ1v) is 4.44. The van der Waals surface area contributed by atoms with E-state index in [1.807, 2.05) is 0 Å². The van der Waals surface area contributed by atoms with Gasteiger partial charge in [0.1, 0.15) is 5.56 Å². The quantitative estimate of drug-likeness (QED) is 0.439. The number of carbonyl (C=O) groups is 1. The van der Waals surface area contributed by atoms with E-state index in [0.29, 0.717) is 5.69 Å². The van der Waals surface area contributed by atoms with Crippen molar-refractivity contribution in [2.75, 3.05) is 19.8 Å². The number of rotatable bonds is 3.